The zero-order chi connectivity index (χ0) is 18.2. The van der Waals surface area contributed by atoms with E-state index in [1.54, 1.807) is 27.8 Å². The van der Waals surface area contributed by atoms with E-state index in [1.165, 1.54) is 0 Å². The summed E-state index contributed by atoms with van der Waals surface area (Å²) in [4.78, 5) is 18.9. The minimum atomic E-state index is -3.35. The van der Waals surface area contributed by atoms with Crippen molar-refractivity contribution in [1.29, 1.82) is 0 Å². The molecule has 0 N–H and O–H groups in total. The first-order chi connectivity index (χ1) is 11.8. The van der Waals surface area contributed by atoms with Crippen LogP contribution in [0.4, 0.5) is 0 Å². The van der Waals surface area contributed by atoms with Crippen molar-refractivity contribution in [1.82, 2.24) is 14.5 Å². The van der Waals surface area contributed by atoms with Crippen molar-refractivity contribution in [2.45, 2.75) is 36.8 Å². The topological polar surface area (TPSA) is 72.3 Å². The molecule has 0 atom stereocenters. The van der Waals surface area contributed by atoms with E-state index in [4.69, 9.17) is 0 Å². The third kappa shape index (κ3) is 3.33. The lowest BCUT2D eigenvalue weighted by atomic mass is 10.1. The van der Waals surface area contributed by atoms with Gasteiger partial charge in [-0.2, -0.15) is 0 Å². The summed E-state index contributed by atoms with van der Waals surface area (Å²) in [6.07, 6.45) is 2.49. The fourth-order valence-electron chi connectivity index (χ4n) is 3.15. The number of imidazole rings is 1. The molecule has 3 rings (SSSR count). The summed E-state index contributed by atoms with van der Waals surface area (Å²) in [5.41, 5.74) is 1.57. The third-order valence-corrected chi connectivity index (χ3v) is 7.24. The average molecular weight is 361 g/mol. The number of piperidine rings is 1. The van der Waals surface area contributed by atoms with Crippen molar-refractivity contribution in [2.75, 3.05) is 13.1 Å². The molecule has 0 bridgehead atoms. The lowest BCUT2D eigenvalue weighted by Gasteiger charge is -2.31. The van der Waals surface area contributed by atoms with Gasteiger partial charge in [0.05, 0.1) is 16.3 Å². The number of aryl methyl sites for hydroxylation is 2. The Morgan fingerprint density at radius 3 is 2.24 bits per heavy atom. The third-order valence-electron chi connectivity index (χ3n) is 4.96. The van der Waals surface area contributed by atoms with E-state index in [9.17, 15) is 13.2 Å². The molecule has 1 aliphatic rings. The van der Waals surface area contributed by atoms with Crippen LogP contribution in [0.15, 0.2) is 35.4 Å². The lowest BCUT2D eigenvalue weighted by Crippen LogP contribution is -2.43. The molecule has 6 nitrogen and oxygen atoms in total. The fraction of sp³-hybridized carbons (Fsp3) is 0.444. The van der Waals surface area contributed by atoms with Crippen molar-refractivity contribution in [3.8, 4) is 0 Å². The molecular weight excluding hydrogens is 338 g/mol. The molecule has 0 aliphatic carbocycles. The number of likely N-dealkylation sites (tertiary alicyclic amines) is 1. The van der Waals surface area contributed by atoms with Crippen LogP contribution in [0, 0.1) is 13.8 Å². The highest BCUT2D eigenvalue weighted by Gasteiger charge is 2.33. The molecule has 2 heterocycles. The summed E-state index contributed by atoms with van der Waals surface area (Å²) in [6.45, 7) is 4.66. The van der Waals surface area contributed by atoms with Crippen LogP contribution in [0.25, 0.3) is 0 Å². The Labute approximate surface area is 148 Å². The molecule has 1 saturated heterocycles. The summed E-state index contributed by atoms with van der Waals surface area (Å²) in [5.74, 6) is 0.689. The molecule has 1 aromatic heterocycles. The maximum Gasteiger partial charge on any atom is 0.272 e. The Morgan fingerprint density at radius 2 is 1.72 bits per heavy atom. The highest BCUT2D eigenvalue weighted by Crippen LogP contribution is 2.25. The van der Waals surface area contributed by atoms with Gasteiger partial charge in [-0.25, -0.2) is 13.4 Å². The van der Waals surface area contributed by atoms with E-state index < -0.39 is 15.1 Å². The molecule has 0 spiro atoms. The first-order valence-electron chi connectivity index (χ1n) is 8.39. The summed E-state index contributed by atoms with van der Waals surface area (Å²) in [6, 6.07) is 6.97. The number of hydrogen-bond acceptors (Lipinski definition) is 4. The zero-order valence-electron chi connectivity index (χ0n) is 14.8. The van der Waals surface area contributed by atoms with E-state index in [1.807, 2.05) is 33.0 Å². The summed E-state index contributed by atoms with van der Waals surface area (Å²) >= 11 is 0. The molecule has 7 heteroatoms. The minimum Gasteiger partial charge on any atom is -0.337 e. The van der Waals surface area contributed by atoms with E-state index in [2.05, 4.69) is 4.98 Å². The number of sulfone groups is 1. The molecule has 1 aromatic carbocycles. The Balaban J connectivity index is 1.70. The summed E-state index contributed by atoms with van der Waals surface area (Å²) in [5, 5.41) is -0.437. The molecule has 1 aliphatic heterocycles. The van der Waals surface area contributed by atoms with Crippen LogP contribution < -0.4 is 0 Å². The molecule has 25 heavy (non-hydrogen) atoms. The molecule has 0 radical (unpaired) electrons. The molecule has 1 amide bonds. The van der Waals surface area contributed by atoms with E-state index >= 15 is 0 Å². The van der Waals surface area contributed by atoms with E-state index in [0.29, 0.717) is 36.5 Å². The van der Waals surface area contributed by atoms with Gasteiger partial charge < -0.3 is 9.47 Å². The fourth-order valence-corrected chi connectivity index (χ4v) is 4.88. The van der Waals surface area contributed by atoms with Gasteiger partial charge in [-0.15, -0.1) is 0 Å². The van der Waals surface area contributed by atoms with Crippen molar-refractivity contribution in [3.63, 3.8) is 0 Å². The number of rotatable bonds is 3. The van der Waals surface area contributed by atoms with Gasteiger partial charge in [0.15, 0.2) is 9.84 Å². The van der Waals surface area contributed by atoms with Crippen LogP contribution in [0.5, 0.6) is 0 Å². The summed E-state index contributed by atoms with van der Waals surface area (Å²) < 4.78 is 27.3. The normalized spacial score (nSPS) is 16.2. The Kier molecular flexibility index (Phi) is 4.69. The number of hydrogen-bond donors (Lipinski definition) is 0. The van der Waals surface area contributed by atoms with Crippen molar-refractivity contribution in [2.24, 2.45) is 7.05 Å². The van der Waals surface area contributed by atoms with Gasteiger partial charge in [-0.3, -0.25) is 4.79 Å². The average Bonchev–Trinajstić information content (AvgIpc) is 2.94. The van der Waals surface area contributed by atoms with Crippen molar-refractivity contribution >= 4 is 15.7 Å². The SMILES string of the molecule is Cc1ccc(S(=O)(=O)C2CCN(C(=O)c3cnc(C)n3C)CC2)cc1. The number of carbonyl (C=O) groups is 1. The standard InChI is InChI=1S/C18H23N3O3S/c1-13-4-6-15(7-5-13)25(23,24)16-8-10-21(11-9-16)18(22)17-12-19-14(2)20(17)3/h4-7,12,16H,8-11H2,1-3H3. The Morgan fingerprint density at radius 1 is 1.12 bits per heavy atom. The van der Waals surface area contributed by atoms with Gasteiger partial charge in [-0.1, -0.05) is 17.7 Å². The molecular formula is C18H23N3O3S. The van der Waals surface area contributed by atoms with Crippen LogP contribution in [-0.2, 0) is 16.9 Å². The monoisotopic (exact) mass is 361 g/mol. The second kappa shape index (κ2) is 6.63. The zero-order valence-corrected chi connectivity index (χ0v) is 15.6. The molecule has 134 valence electrons. The highest BCUT2D eigenvalue weighted by molar-refractivity contribution is 7.92. The van der Waals surface area contributed by atoms with Gasteiger partial charge >= 0.3 is 0 Å². The van der Waals surface area contributed by atoms with Crippen LogP contribution in [0.1, 0.15) is 34.7 Å². The second-order valence-electron chi connectivity index (χ2n) is 6.60. The molecule has 2 aromatic rings. The van der Waals surface area contributed by atoms with Crippen LogP contribution in [-0.4, -0.2) is 47.1 Å². The smallest absolute Gasteiger partial charge is 0.272 e. The predicted octanol–water partition coefficient (Wildman–Crippen LogP) is 2.12. The first-order valence-corrected chi connectivity index (χ1v) is 9.93. The van der Waals surface area contributed by atoms with Crippen molar-refractivity contribution < 1.29 is 13.2 Å². The molecule has 0 unspecified atom stereocenters. The van der Waals surface area contributed by atoms with Crippen LogP contribution >= 0.6 is 0 Å². The Bertz CT molecular complexity index is 877. The minimum absolute atomic E-state index is 0.0886. The largest absolute Gasteiger partial charge is 0.337 e. The van der Waals surface area contributed by atoms with Gasteiger partial charge in [0.2, 0.25) is 0 Å². The molecule has 1 fully saturated rings. The van der Waals surface area contributed by atoms with Gasteiger partial charge in [0.1, 0.15) is 11.5 Å². The van der Waals surface area contributed by atoms with Crippen molar-refractivity contribution in [3.05, 3.63) is 47.5 Å². The molecule has 0 saturated carbocycles. The van der Waals surface area contributed by atoms with E-state index in [0.717, 1.165) is 11.4 Å². The van der Waals surface area contributed by atoms with Crippen LogP contribution in [0.3, 0.4) is 0 Å². The number of carbonyl (C=O) groups excluding carboxylic acids is 1. The first kappa shape index (κ1) is 17.7. The number of benzene rings is 1. The highest BCUT2D eigenvalue weighted by atomic mass is 32.2. The maximum atomic E-state index is 12.8. The van der Waals surface area contributed by atoms with Gasteiger partial charge in [-0.05, 0) is 38.8 Å². The Hall–Kier alpha value is -2.15. The predicted molar refractivity (Wildman–Crippen MR) is 95.2 cm³/mol. The lowest BCUT2D eigenvalue weighted by molar-refractivity contribution is 0.0715. The van der Waals surface area contributed by atoms with Gasteiger partial charge in [0, 0.05) is 20.1 Å². The summed E-state index contributed by atoms with van der Waals surface area (Å²) in [7, 11) is -1.54. The second-order valence-corrected chi connectivity index (χ2v) is 8.83. The quantitative estimate of drug-likeness (QED) is 0.839. The number of aromatic nitrogens is 2. The van der Waals surface area contributed by atoms with E-state index in [-0.39, 0.29) is 5.91 Å². The van der Waals surface area contributed by atoms with Gasteiger partial charge in [0.25, 0.3) is 5.91 Å². The maximum absolute atomic E-state index is 12.8. The van der Waals surface area contributed by atoms with Crippen LogP contribution in [0.2, 0.25) is 0 Å². The number of nitrogens with zero attached hydrogens (tertiary/aromatic N) is 3. The number of amides is 1.